The Morgan fingerprint density at radius 1 is 1.09 bits per heavy atom. The fourth-order valence-corrected chi connectivity index (χ4v) is 2.76. The standard InChI is InChI=1S/C16H14N4O2S/c21-15(19-20-16-17-8-4-9-18-16)14-12(7-10-22-14)11-23-13-5-2-1-3-6-13/h1-10H,11H2,(H,19,21)(H,17,18,20). The quantitative estimate of drug-likeness (QED) is 0.535. The van der Waals surface area contributed by atoms with Crippen LogP contribution in [0.2, 0.25) is 0 Å². The summed E-state index contributed by atoms with van der Waals surface area (Å²) in [6.07, 6.45) is 4.67. The maximum absolute atomic E-state index is 12.2. The van der Waals surface area contributed by atoms with E-state index in [4.69, 9.17) is 4.42 Å². The summed E-state index contributed by atoms with van der Waals surface area (Å²) in [5.74, 6) is 0.862. The Hall–Kier alpha value is -2.80. The Morgan fingerprint density at radius 2 is 1.87 bits per heavy atom. The van der Waals surface area contributed by atoms with Gasteiger partial charge in [-0.15, -0.1) is 11.8 Å². The van der Waals surface area contributed by atoms with E-state index < -0.39 is 0 Å². The molecular weight excluding hydrogens is 312 g/mol. The lowest BCUT2D eigenvalue weighted by Crippen LogP contribution is -2.30. The molecule has 0 aliphatic carbocycles. The van der Waals surface area contributed by atoms with Crippen LogP contribution in [0.25, 0.3) is 0 Å². The second-order valence-corrected chi connectivity index (χ2v) is 5.58. The Morgan fingerprint density at radius 3 is 2.65 bits per heavy atom. The molecule has 2 aromatic heterocycles. The minimum absolute atomic E-state index is 0.275. The van der Waals surface area contributed by atoms with Crippen LogP contribution in [0, 0.1) is 0 Å². The van der Waals surface area contributed by atoms with Crippen molar-refractivity contribution in [2.45, 2.75) is 10.6 Å². The van der Waals surface area contributed by atoms with E-state index in [1.807, 2.05) is 30.3 Å². The number of nitrogens with one attached hydrogen (secondary N) is 2. The second kappa shape index (κ2) is 7.46. The molecule has 116 valence electrons. The molecule has 0 bridgehead atoms. The predicted molar refractivity (Wildman–Crippen MR) is 87.8 cm³/mol. The maximum Gasteiger partial charge on any atom is 0.305 e. The van der Waals surface area contributed by atoms with Gasteiger partial charge < -0.3 is 4.42 Å². The number of hydrazine groups is 1. The summed E-state index contributed by atoms with van der Waals surface area (Å²) in [4.78, 5) is 21.2. The Kier molecular flexibility index (Phi) is 4.90. The van der Waals surface area contributed by atoms with Gasteiger partial charge in [-0.1, -0.05) is 18.2 Å². The first-order chi connectivity index (χ1) is 11.3. The molecule has 23 heavy (non-hydrogen) atoms. The zero-order valence-corrected chi connectivity index (χ0v) is 12.9. The first-order valence-corrected chi connectivity index (χ1v) is 7.89. The molecule has 0 spiro atoms. The third kappa shape index (κ3) is 4.10. The fourth-order valence-electron chi connectivity index (χ4n) is 1.86. The highest BCUT2D eigenvalue weighted by molar-refractivity contribution is 7.98. The van der Waals surface area contributed by atoms with Crippen molar-refractivity contribution in [3.8, 4) is 0 Å². The van der Waals surface area contributed by atoms with E-state index in [0.29, 0.717) is 11.7 Å². The molecule has 0 fully saturated rings. The van der Waals surface area contributed by atoms with E-state index in [1.165, 1.54) is 6.26 Å². The molecule has 6 nitrogen and oxygen atoms in total. The number of amides is 1. The number of hydrogen-bond donors (Lipinski definition) is 2. The molecule has 0 saturated carbocycles. The van der Waals surface area contributed by atoms with Crippen molar-refractivity contribution in [1.82, 2.24) is 15.4 Å². The average molecular weight is 326 g/mol. The lowest BCUT2D eigenvalue weighted by molar-refractivity contribution is 0.0934. The molecule has 0 aliphatic heterocycles. The van der Waals surface area contributed by atoms with Gasteiger partial charge >= 0.3 is 5.91 Å². The van der Waals surface area contributed by atoms with Crippen LogP contribution in [0.3, 0.4) is 0 Å². The third-order valence-electron chi connectivity index (χ3n) is 2.94. The number of carbonyl (C=O) groups is 1. The van der Waals surface area contributed by atoms with Gasteiger partial charge in [-0.25, -0.2) is 9.97 Å². The zero-order chi connectivity index (χ0) is 15.9. The van der Waals surface area contributed by atoms with Crippen molar-refractivity contribution in [3.05, 3.63) is 72.4 Å². The highest BCUT2D eigenvalue weighted by Crippen LogP contribution is 2.24. The Bertz CT molecular complexity index is 762. The van der Waals surface area contributed by atoms with Crippen LogP contribution in [-0.4, -0.2) is 15.9 Å². The normalized spacial score (nSPS) is 10.3. The summed E-state index contributed by atoms with van der Waals surface area (Å²) in [6, 6.07) is 13.5. The van der Waals surface area contributed by atoms with E-state index >= 15 is 0 Å². The number of anilines is 1. The Balaban J connectivity index is 1.60. The van der Waals surface area contributed by atoms with E-state index in [-0.39, 0.29) is 11.7 Å². The summed E-state index contributed by atoms with van der Waals surface area (Å²) >= 11 is 1.64. The van der Waals surface area contributed by atoms with E-state index in [2.05, 4.69) is 20.8 Å². The van der Waals surface area contributed by atoms with Crippen LogP contribution in [0.15, 0.2) is 70.4 Å². The van der Waals surface area contributed by atoms with E-state index in [9.17, 15) is 4.79 Å². The van der Waals surface area contributed by atoms with Crippen molar-refractivity contribution >= 4 is 23.6 Å². The van der Waals surface area contributed by atoms with Crippen molar-refractivity contribution in [2.75, 3.05) is 5.43 Å². The van der Waals surface area contributed by atoms with Gasteiger partial charge in [0.15, 0.2) is 5.76 Å². The number of nitrogens with zero attached hydrogens (tertiary/aromatic N) is 2. The zero-order valence-electron chi connectivity index (χ0n) is 12.1. The van der Waals surface area contributed by atoms with E-state index in [1.54, 1.807) is 36.3 Å². The van der Waals surface area contributed by atoms with Crippen LogP contribution >= 0.6 is 11.8 Å². The minimum atomic E-state index is -0.369. The summed E-state index contributed by atoms with van der Waals surface area (Å²) in [5, 5.41) is 0. The average Bonchev–Trinajstić information content (AvgIpc) is 3.08. The van der Waals surface area contributed by atoms with Crippen molar-refractivity contribution in [1.29, 1.82) is 0 Å². The topological polar surface area (TPSA) is 80.0 Å². The van der Waals surface area contributed by atoms with Gasteiger partial charge in [-0.05, 0) is 24.3 Å². The van der Waals surface area contributed by atoms with Crippen LogP contribution < -0.4 is 10.9 Å². The van der Waals surface area contributed by atoms with Crippen molar-refractivity contribution < 1.29 is 9.21 Å². The molecule has 0 atom stereocenters. The number of aromatic nitrogens is 2. The molecule has 0 unspecified atom stereocenters. The summed E-state index contributed by atoms with van der Waals surface area (Å²) < 4.78 is 5.30. The molecular formula is C16H14N4O2S. The van der Waals surface area contributed by atoms with Gasteiger partial charge in [0.1, 0.15) is 0 Å². The van der Waals surface area contributed by atoms with Gasteiger partial charge in [0.2, 0.25) is 5.95 Å². The predicted octanol–water partition coefficient (Wildman–Crippen LogP) is 3.12. The van der Waals surface area contributed by atoms with Crippen molar-refractivity contribution in [3.63, 3.8) is 0 Å². The molecule has 7 heteroatoms. The molecule has 2 N–H and O–H groups in total. The van der Waals surface area contributed by atoms with Crippen LogP contribution in [0.5, 0.6) is 0 Å². The van der Waals surface area contributed by atoms with Gasteiger partial charge in [-0.2, -0.15) is 0 Å². The molecule has 2 heterocycles. The number of benzene rings is 1. The number of furan rings is 1. The third-order valence-corrected chi connectivity index (χ3v) is 4.00. The van der Waals surface area contributed by atoms with Gasteiger partial charge in [0.05, 0.1) is 6.26 Å². The number of rotatable bonds is 6. The SMILES string of the molecule is O=C(NNc1ncccn1)c1occc1CSc1ccccc1. The summed E-state index contributed by atoms with van der Waals surface area (Å²) in [5.41, 5.74) is 5.99. The minimum Gasteiger partial charge on any atom is -0.459 e. The molecule has 3 rings (SSSR count). The number of hydrogen-bond acceptors (Lipinski definition) is 6. The van der Waals surface area contributed by atoms with Crippen LogP contribution in [0.1, 0.15) is 16.1 Å². The number of carbonyl (C=O) groups excluding carboxylic acids is 1. The first kappa shape index (κ1) is 15.1. The van der Waals surface area contributed by atoms with Gasteiger partial charge in [0.25, 0.3) is 0 Å². The van der Waals surface area contributed by atoms with Gasteiger partial charge in [-0.3, -0.25) is 15.6 Å². The molecule has 0 radical (unpaired) electrons. The van der Waals surface area contributed by atoms with Crippen LogP contribution in [0.4, 0.5) is 5.95 Å². The summed E-state index contributed by atoms with van der Waals surface area (Å²) in [6.45, 7) is 0. The molecule has 1 amide bonds. The molecule has 3 aromatic rings. The highest BCUT2D eigenvalue weighted by atomic mass is 32.2. The largest absolute Gasteiger partial charge is 0.459 e. The lowest BCUT2D eigenvalue weighted by Gasteiger charge is -2.06. The smallest absolute Gasteiger partial charge is 0.305 e. The van der Waals surface area contributed by atoms with Gasteiger partial charge in [0, 0.05) is 28.6 Å². The molecule has 0 saturated heterocycles. The first-order valence-electron chi connectivity index (χ1n) is 6.90. The fraction of sp³-hybridized carbons (Fsp3) is 0.0625. The highest BCUT2D eigenvalue weighted by Gasteiger charge is 2.15. The summed E-state index contributed by atoms with van der Waals surface area (Å²) in [7, 11) is 0. The Labute approximate surface area is 137 Å². The van der Waals surface area contributed by atoms with E-state index in [0.717, 1.165) is 10.5 Å². The second-order valence-electron chi connectivity index (χ2n) is 4.53. The lowest BCUT2D eigenvalue weighted by atomic mass is 10.3. The monoisotopic (exact) mass is 326 g/mol. The molecule has 0 aliphatic rings. The van der Waals surface area contributed by atoms with Crippen LogP contribution in [-0.2, 0) is 5.75 Å². The number of thioether (sulfide) groups is 1. The van der Waals surface area contributed by atoms with Crippen molar-refractivity contribution in [2.24, 2.45) is 0 Å². The maximum atomic E-state index is 12.2. The molecule has 1 aromatic carbocycles.